The zero-order chi connectivity index (χ0) is 22.5. The van der Waals surface area contributed by atoms with Gasteiger partial charge in [-0.3, -0.25) is 0 Å². The van der Waals surface area contributed by atoms with Crippen molar-refractivity contribution in [3.8, 4) is 11.5 Å². The van der Waals surface area contributed by atoms with Crippen LogP contribution in [0, 0.1) is 3.57 Å². The first kappa shape index (κ1) is 22.5. The number of halogens is 2. The number of cyclic esters (lactones) is 1. The van der Waals surface area contributed by atoms with E-state index in [-0.39, 0.29) is 5.70 Å². The Bertz CT molecular complexity index is 1210. The Morgan fingerprint density at radius 1 is 1.06 bits per heavy atom. The number of nitrogens with zero attached hydrogens (tertiary/aromatic N) is 1. The molecule has 1 aliphatic heterocycles. The van der Waals surface area contributed by atoms with Crippen LogP contribution in [0.3, 0.4) is 0 Å². The van der Waals surface area contributed by atoms with Crippen LogP contribution in [0.5, 0.6) is 11.5 Å². The topological polar surface area (TPSA) is 57.1 Å². The molecule has 32 heavy (non-hydrogen) atoms. The summed E-state index contributed by atoms with van der Waals surface area (Å²) in [6.45, 7) is 2.80. The first-order valence-corrected chi connectivity index (χ1v) is 11.8. The second-order valence-electron chi connectivity index (χ2n) is 6.85. The lowest BCUT2D eigenvalue weighted by Gasteiger charge is -2.15. The maximum absolute atomic E-state index is 12.3. The van der Waals surface area contributed by atoms with Gasteiger partial charge in [0.05, 0.1) is 11.1 Å². The van der Waals surface area contributed by atoms with Gasteiger partial charge >= 0.3 is 5.97 Å². The Hall–Kier alpha value is -2.65. The lowest BCUT2D eigenvalue weighted by atomic mass is 10.1. The molecule has 5 nitrogen and oxygen atoms in total. The normalized spacial score (nSPS) is 14.3. The van der Waals surface area contributed by atoms with E-state index in [1.165, 1.54) is 0 Å². The zero-order valence-corrected chi connectivity index (χ0v) is 20.9. The van der Waals surface area contributed by atoms with Crippen LogP contribution in [0.25, 0.3) is 6.08 Å². The number of carbonyl (C=O) groups is 1. The molecule has 1 heterocycles. The smallest absolute Gasteiger partial charge is 0.363 e. The van der Waals surface area contributed by atoms with E-state index >= 15 is 0 Å². The van der Waals surface area contributed by atoms with Crippen molar-refractivity contribution in [3.63, 3.8) is 0 Å². The quantitative estimate of drug-likeness (QED) is 0.179. The van der Waals surface area contributed by atoms with Crippen LogP contribution in [0.2, 0.25) is 0 Å². The molecule has 0 amide bonds. The van der Waals surface area contributed by atoms with E-state index in [0.717, 1.165) is 24.7 Å². The van der Waals surface area contributed by atoms with E-state index in [0.29, 0.717) is 30.6 Å². The van der Waals surface area contributed by atoms with Crippen molar-refractivity contribution in [3.05, 3.63) is 97.2 Å². The number of hydrogen-bond donors (Lipinski definition) is 0. The summed E-state index contributed by atoms with van der Waals surface area (Å²) < 4.78 is 19.1. The van der Waals surface area contributed by atoms with Gasteiger partial charge in [-0.1, -0.05) is 36.4 Å². The van der Waals surface area contributed by atoms with Crippen LogP contribution in [0.4, 0.5) is 0 Å². The van der Waals surface area contributed by atoms with Gasteiger partial charge in [0.2, 0.25) is 5.90 Å². The Morgan fingerprint density at radius 3 is 2.56 bits per heavy atom. The Labute approximate surface area is 208 Å². The van der Waals surface area contributed by atoms with Gasteiger partial charge in [-0.15, -0.1) is 0 Å². The van der Waals surface area contributed by atoms with E-state index < -0.39 is 5.97 Å². The van der Waals surface area contributed by atoms with Crippen LogP contribution in [-0.2, 0) is 16.1 Å². The van der Waals surface area contributed by atoms with Gasteiger partial charge in [0, 0.05) is 14.7 Å². The molecular weight excluding hydrogens is 585 g/mol. The lowest BCUT2D eigenvalue weighted by Crippen LogP contribution is -2.05. The van der Waals surface area contributed by atoms with Gasteiger partial charge < -0.3 is 14.2 Å². The van der Waals surface area contributed by atoms with E-state index in [4.69, 9.17) is 14.2 Å². The van der Waals surface area contributed by atoms with Crippen molar-refractivity contribution >= 4 is 56.5 Å². The molecule has 4 rings (SSSR count). The molecule has 3 aromatic carbocycles. The second kappa shape index (κ2) is 10.3. The molecule has 1 aliphatic rings. The molecule has 0 N–H and O–H groups in total. The third-order valence-corrected chi connectivity index (χ3v) is 6.25. The molecule has 0 saturated heterocycles. The average Bonchev–Trinajstić information content (AvgIpc) is 3.15. The number of rotatable bonds is 7. The summed E-state index contributed by atoms with van der Waals surface area (Å²) in [4.78, 5) is 16.7. The van der Waals surface area contributed by atoms with Crippen molar-refractivity contribution < 1.29 is 19.0 Å². The molecule has 0 saturated carbocycles. The van der Waals surface area contributed by atoms with Crippen LogP contribution >= 0.6 is 38.5 Å². The Kier molecular flexibility index (Phi) is 7.26. The van der Waals surface area contributed by atoms with Crippen molar-refractivity contribution in [1.29, 1.82) is 0 Å². The third-order valence-electron chi connectivity index (χ3n) is 4.61. The molecule has 0 atom stereocenters. The summed E-state index contributed by atoms with van der Waals surface area (Å²) in [5, 5.41) is 0. The molecule has 162 valence electrons. The van der Waals surface area contributed by atoms with Gasteiger partial charge in [-0.05, 0) is 87.4 Å². The molecule has 0 spiro atoms. The lowest BCUT2D eigenvalue weighted by molar-refractivity contribution is -0.129. The van der Waals surface area contributed by atoms with Crippen LogP contribution in [0.15, 0.2) is 81.9 Å². The van der Waals surface area contributed by atoms with Crippen LogP contribution in [-0.4, -0.2) is 18.5 Å². The number of esters is 1. The maximum atomic E-state index is 12.3. The van der Waals surface area contributed by atoms with Crippen molar-refractivity contribution in [2.45, 2.75) is 13.5 Å². The highest BCUT2D eigenvalue weighted by atomic mass is 127. The minimum absolute atomic E-state index is 0.228. The Morgan fingerprint density at radius 2 is 1.81 bits per heavy atom. The molecule has 0 bridgehead atoms. The largest absolute Gasteiger partial charge is 0.490 e. The highest BCUT2D eigenvalue weighted by Crippen LogP contribution is 2.38. The summed E-state index contributed by atoms with van der Waals surface area (Å²) in [5.41, 5.74) is 2.81. The van der Waals surface area contributed by atoms with Gasteiger partial charge in [0.15, 0.2) is 17.2 Å². The molecule has 7 heteroatoms. The van der Waals surface area contributed by atoms with E-state index in [1.54, 1.807) is 6.08 Å². The summed E-state index contributed by atoms with van der Waals surface area (Å²) >= 11 is 5.88. The third kappa shape index (κ3) is 5.21. The minimum Gasteiger partial charge on any atom is -0.490 e. The molecule has 0 aromatic heterocycles. The summed E-state index contributed by atoms with van der Waals surface area (Å²) in [6.07, 6.45) is 1.68. The summed E-state index contributed by atoms with van der Waals surface area (Å²) in [7, 11) is 0. The predicted molar refractivity (Wildman–Crippen MR) is 136 cm³/mol. The fraction of sp³-hybridized carbons (Fsp3) is 0.120. The molecule has 0 radical (unpaired) electrons. The minimum atomic E-state index is -0.489. The monoisotopic (exact) mass is 603 g/mol. The van der Waals surface area contributed by atoms with Crippen molar-refractivity contribution in [2.75, 3.05) is 6.61 Å². The maximum Gasteiger partial charge on any atom is 0.363 e. The predicted octanol–water partition coefficient (Wildman–Crippen LogP) is 6.38. The molecule has 3 aromatic rings. The molecule has 0 unspecified atom stereocenters. The standard InChI is InChI=1S/C25H19BrINO4/c1-2-30-22-14-16(12-19(26)23(22)31-15-18-10-6-7-11-20(18)27)13-21-25(29)32-24(28-21)17-8-4-3-5-9-17/h3-14H,2,15H2,1H3/b21-13-. The highest BCUT2D eigenvalue weighted by Gasteiger charge is 2.24. The summed E-state index contributed by atoms with van der Waals surface area (Å²) in [6, 6.07) is 21.1. The number of carbonyl (C=O) groups excluding carboxylic acids is 1. The first-order chi connectivity index (χ1) is 15.5. The average molecular weight is 604 g/mol. The van der Waals surface area contributed by atoms with E-state index in [9.17, 15) is 4.79 Å². The number of hydrogen-bond acceptors (Lipinski definition) is 5. The molecule has 0 fully saturated rings. The first-order valence-electron chi connectivity index (χ1n) is 9.95. The van der Waals surface area contributed by atoms with E-state index in [2.05, 4.69) is 43.5 Å². The Balaban J connectivity index is 1.62. The SMILES string of the molecule is CCOc1cc(/C=C2\N=C(c3ccccc3)OC2=O)cc(Br)c1OCc1ccccc1I. The highest BCUT2D eigenvalue weighted by molar-refractivity contribution is 14.1. The summed E-state index contributed by atoms with van der Waals surface area (Å²) in [5.74, 6) is 0.995. The zero-order valence-electron chi connectivity index (χ0n) is 17.2. The number of benzene rings is 3. The second-order valence-corrected chi connectivity index (χ2v) is 8.86. The molecular formula is C25H19BrINO4. The number of aliphatic imine (C=N–C) groups is 1. The fourth-order valence-corrected chi connectivity index (χ4v) is 4.23. The van der Waals surface area contributed by atoms with Gasteiger partial charge in [0.25, 0.3) is 0 Å². The van der Waals surface area contributed by atoms with Gasteiger partial charge in [-0.25, -0.2) is 9.79 Å². The van der Waals surface area contributed by atoms with Crippen LogP contribution < -0.4 is 9.47 Å². The van der Waals surface area contributed by atoms with Gasteiger partial charge in [-0.2, -0.15) is 0 Å². The molecule has 0 aliphatic carbocycles. The fourth-order valence-electron chi connectivity index (χ4n) is 3.11. The van der Waals surface area contributed by atoms with E-state index in [1.807, 2.05) is 73.7 Å². The van der Waals surface area contributed by atoms with Crippen molar-refractivity contribution in [2.24, 2.45) is 4.99 Å². The van der Waals surface area contributed by atoms with Crippen molar-refractivity contribution in [1.82, 2.24) is 0 Å². The number of ether oxygens (including phenoxy) is 3. The van der Waals surface area contributed by atoms with Gasteiger partial charge in [0.1, 0.15) is 6.61 Å². The van der Waals surface area contributed by atoms with Crippen LogP contribution in [0.1, 0.15) is 23.6 Å².